The Morgan fingerprint density at radius 3 is 2.33 bits per heavy atom. The van der Waals surface area contributed by atoms with E-state index in [1.54, 1.807) is 37.8 Å². The first kappa shape index (κ1) is 25.7. The number of carbonyl (C=O) groups is 2. The van der Waals surface area contributed by atoms with E-state index in [0.29, 0.717) is 18.1 Å². The Kier molecular flexibility index (Phi) is 7.66. The van der Waals surface area contributed by atoms with Gasteiger partial charge in [0.1, 0.15) is 17.1 Å². The van der Waals surface area contributed by atoms with Crippen LogP contribution in [0.4, 0.5) is 4.79 Å². The van der Waals surface area contributed by atoms with Gasteiger partial charge in [-0.25, -0.2) is 9.59 Å². The van der Waals surface area contributed by atoms with E-state index in [1.807, 2.05) is 31.2 Å². The summed E-state index contributed by atoms with van der Waals surface area (Å²) >= 11 is 5.96. The number of esters is 1. The van der Waals surface area contributed by atoms with Gasteiger partial charge in [-0.1, -0.05) is 17.7 Å². The zero-order valence-corrected chi connectivity index (χ0v) is 21.8. The number of nitrogens with zero attached hydrogens (tertiary/aromatic N) is 4. The van der Waals surface area contributed by atoms with E-state index in [2.05, 4.69) is 16.1 Å². The van der Waals surface area contributed by atoms with Crippen molar-refractivity contribution in [1.82, 2.24) is 19.6 Å². The number of piperazine rings is 1. The Balaban J connectivity index is 1.32. The van der Waals surface area contributed by atoms with Crippen molar-refractivity contribution >= 4 is 23.6 Å². The third-order valence-electron chi connectivity index (χ3n) is 5.60. The first-order valence-corrected chi connectivity index (χ1v) is 12.3. The highest BCUT2D eigenvalue weighted by molar-refractivity contribution is 6.30. The third kappa shape index (κ3) is 6.86. The maximum atomic E-state index is 12.9. The molecule has 9 heteroatoms. The van der Waals surface area contributed by atoms with Crippen LogP contribution in [0.1, 0.15) is 42.4 Å². The predicted molar refractivity (Wildman–Crippen MR) is 138 cm³/mol. The smallest absolute Gasteiger partial charge is 0.359 e. The average molecular weight is 511 g/mol. The number of halogens is 1. The molecule has 0 spiro atoms. The zero-order valence-electron chi connectivity index (χ0n) is 21.0. The first-order valence-electron chi connectivity index (χ1n) is 11.9. The molecule has 1 aliphatic heterocycles. The molecule has 1 aliphatic rings. The highest BCUT2D eigenvalue weighted by Gasteiger charge is 2.25. The standard InChI is InChI=1S/C27H31ClN4O4/c1-19-15-20(17-23(16-19)35-22-7-5-21(28)6-8-22)18-30-11-13-31(14-12-30)26(34)32-10-9-24(29-32)25(33)36-27(2,3)4/h5-10,15-17H,11-14,18H2,1-4H3. The molecule has 0 N–H and O–H groups in total. The van der Waals surface area contributed by atoms with Gasteiger partial charge in [-0.2, -0.15) is 9.78 Å². The number of benzene rings is 2. The molecule has 0 saturated carbocycles. The number of ether oxygens (including phenoxy) is 2. The van der Waals surface area contributed by atoms with E-state index in [1.165, 1.54) is 16.9 Å². The highest BCUT2D eigenvalue weighted by atomic mass is 35.5. The molecule has 1 aromatic heterocycles. The largest absolute Gasteiger partial charge is 0.457 e. The number of hydrogen-bond donors (Lipinski definition) is 0. The lowest BCUT2D eigenvalue weighted by molar-refractivity contribution is 0.00623. The van der Waals surface area contributed by atoms with Crippen molar-refractivity contribution < 1.29 is 19.1 Å². The number of rotatable bonds is 5. The van der Waals surface area contributed by atoms with Crippen LogP contribution >= 0.6 is 11.6 Å². The number of aryl methyl sites for hydroxylation is 1. The molecule has 1 saturated heterocycles. The van der Waals surface area contributed by atoms with Crippen LogP contribution in [0.5, 0.6) is 11.5 Å². The highest BCUT2D eigenvalue weighted by Crippen LogP contribution is 2.26. The van der Waals surface area contributed by atoms with Gasteiger partial charge in [0.15, 0.2) is 5.69 Å². The van der Waals surface area contributed by atoms with Crippen molar-refractivity contribution in [2.45, 2.75) is 39.8 Å². The molecule has 8 nitrogen and oxygen atoms in total. The second-order valence-electron chi connectivity index (χ2n) is 9.90. The van der Waals surface area contributed by atoms with E-state index in [4.69, 9.17) is 21.1 Å². The van der Waals surface area contributed by atoms with Gasteiger partial charge >= 0.3 is 12.0 Å². The lowest BCUT2D eigenvalue weighted by Gasteiger charge is -2.34. The average Bonchev–Trinajstić information content (AvgIpc) is 3.30. The normalized spacial score (nSPS) is 14.5. The van der Waals surface area contributed by atoms with Crippen molar-refractivity contribution in [3.05, 3.63) is 76.6 Å². The van der Waals surface area contributed by atoms with Gasteiger partial charge in [0.25, 0.3) is 0 Å². The van der Waals surface area contributed by atoms with Gasteiger partial charge in [0.05, 0.1) is 0 Å². The second-order valence-corrected chi connectivity index (χ2v) is 10.3. The summed E-state index contributed by atoms with van der Waals surface area (Å²) in [5.41, 5.74) is 1.76. The summed E-state index contributed by atoms with van der Waals surface area (Å²) in [6.07, 6.45) is 1.50. The predicted octanol–water partition coefficient (Wildman–Crippen LogP) is 5.38. The monoisotopic (exact) mass is 510 g/mol. The molecule has 3 aromatic rings. The quantitative estimate of drug-likeness (QED) is 0.429. The Morgan fingerprint density at radius 2 is 1.67 bits per heavy atom. The fourth-order valence-corrected chi connectivity index (χ4v) is 4.11. The van der Waals surface area contributed by atoms with E-state index < -0.39 is 11.6 Å². The maximum Gasteiger partial charge on any atom is 0.359 e. The molecule has 4 rings (SSSR count). The van der Waals surface area contributed by atoms with Crippen LogP contribution in [-0.4, -0.2) is 63.4 Å². The van der Waals surface area contributed by atoms with Gasteiger partial charge in [0, 0.05) is 43.9 Å². The SMILES string of the molecule is Cc1cc(CN2CCN(C(=O)n3ccc(C(=O)OC(C)(C)C)n3)CC2)cc(Oc2ccc(Cl)cc2)c1. The van der Waals surface area contributed by atoms with Crippen LogP contribution in [-0.2, 0) is 11.3 Å². The molecule has 0 atom stereocenters. The zero-order chi connectivity index (χ0) is 25.9. The number of amides is 1. The van der Waals surface area contributed by atoms with Gasteiger partial charge in [-0.05, 0) is 81.3 Å². The molecule has 1 fully saturated rings. The summed E-state index contributed by atoms with van der Waals surface area (Å²) in [5.74, 6) is 0.966. The molecule has 2 heterocycles. The lowest BCUT2D eigenvalue weighted by Crippen LogP contribution is -2.49. The molecule has 190 valence electrons. The van der Waals surface area contributed by atoms with Crippen LogP contribution in [0.25, 0.3) is 0 Å². The summed E-state index contributed by atoms with van der Waals surface area (Å²) in [6.45, 7) is 10.8. The fraction of sp³-hybridized carbons (Fsp3) is 0.370. The molecule has 0 radical (unpaired) electrons. The molecule has 36 heavy (non-hydrogen) atoms. The maximum absolute atomic E-state index is 12.9. The summed E-state index contributed by atoms with van der Waals surface area (Å²) in [7, 11) is 0. The Morgan fingerprint density at radius 1 is 0.972 bits per heavy atom. The number of aromatic nitrogens is 2. The fourth-order valence-electron chi connectivity index (χ4n) is 3.98. The molecule has 0 aliphatic carbocycles. The summed E-state index contributed by atoms with van der Waals surface area (Å²) in [4.78, 5) is 29.2. The Bertz CT molecular complexity index is 1230. The molecule has 1 amide bonds. The van der Waals surface area contributed by atoms with E-state index in [0.717, 1.165) is 42.3 Å². The van der Waals surface area contributed by atoms with Gasteiger partial charge < -0.3 is 14.4 Å². The molecular weight excluding hydrogens is 480 g/mol. The first-order chi connectivity index (χ1) is 17.1. The van der Waals surface area contributed by atoms with Crippen LogP contribution in [0.3, 0.4) is 0 Å². The van der Waals surface area contributed by atoms with E-state index in [9.17, 15) is 9.59 Å². The minimum absolute atomic E-state index is 0.119. The van der Waals surface area contributed by atoms with Crippen LogP contribution in [0.15, 0.2) is 54.7 Å². The van der Waals surface area contributed by atoms with Gasteiger partial charge in [0.2, 0.25) is 0 Å². The minimum atomic E-state index is -0.624. The molecule has 0 bridgehead atoms. The number of carbonyl (C=O) groups excluding carboxylic acids is 2. The second kappa shape index (κ2) is 10.7. The van der Waals surface area contributed by atoms with Crippen LogP contribution < -0.4 is 4.74 Å². The van der Waals surface area contributed by atoms with Crippen molar-refractivity contribution in [3.63, 3.8) is 0 Å². The summed E-state index contributed by atoms with van der Waals surface area (Å²) in [6, 6.07) is 14.7. The Labute approximate surface area is 216 Å². The third-order valence-corrected chi connectivity index (χ3v) is 5.85. The molecule has 2 aromatic carbocycles. The number of hydrogen-bond acceptors (Lipinski definition) is 6. The van der Waals surface area contributed by atoms with Crippen molar-refractivity contribution in [2.75, 3.05) is 26.2 Å². The van der Waals surface area contributed by atoms with Gasteiger partial charge in [-0.3, -0.25) is 4.90 Å². The Hall–Kier alpha value is -3.36. The van der Waals surface area contributed by atoms with E-state index in [-0.39, 0.29) is 11.7 Å². The van der Waals surface area contributed by atoms with Crippen LogP contribution in [0.2, 0.25) is 5.02 Å². The topological polar surface area (TPSA) is 76.9 Å². The lowest BCUT2D eigenvalue weighted by atomic mass is 10.1. The van der Waals surface area contributed by atoms with Crippen LogP contribution in [0, 0.1) is 6.92 Å². The summed E-state index contributed by atoms with van der Waals surface area (Å²) in [5, 5.41) is 4.80. The minimum Gasteiger partial charge on any atom is -0.457 e. The van der Waals surface area contributed by atoms with Gasteiger partial charge in [-0.15, -0.1) is 0 Å². The van der Waals surface area contributed by atoms with Crippen molar-refractivity contribution in [3.8, 4) is 11.5 Å². The molecule has 0 unspecified atom stereocenters. The van der Waals surface area contributed by atoms with Crippen molar-refractivity contribution in [2.24, 2.45) is 0 Å². The molecular formula is C27H31ClN4O4. The van der Waals surface area contributed by atoms with Crippen molar-refractivity contribution in [1.29, 1.82) is 0 Å². The van der Waals surface area contributed by atoms with E-state index >= 15 is 0 Å². The summed E-state index contributed by atoms with van der Waals surface area (Å²) < 4.78 is 12.5.